The van der Waals surface area contributed by atoms with Gasteiger partial charge in [0, 0.05) is 6.04 Å². The summed E-state index contributed by atoms with van der Waals surface area (Å²) in [6.07, 6.45) is 4.19. The smallest absolute Gasteiger partial charge is 0.342 e. The monoisotopic (exact) mass is 398 g/mol. The topological polar surface area (TPSA) is 93.7 Å². The summed E-state index contributed by atoms with van der Waals surface area (Å²) in [6.45, 7) is 1.53. The number of hydrogen-bond acceptors (Lipinski definition) is 5. The molecule has 2 atom stereocenters. The molecular formula is C22H26N2O5. The molecule has 0 saturated heterocycles. The van der Waals surface area contributed by atoms with Crippen LogP contribution in [0.25, 0.3) is 10.8 Å². The summed E-state index contributed by atoms with van der Waals surface area (Å²) < 4.78 is 10.4. The van der Waals surface area contributed by atoms with Crippen LogP contribution in [0.1, 0.15) is 43.0 Å². The van der Waals surface area contributed by atoms with Crippen LogP contribution in [0.15, 0.2) is 36.4 Å². The lowest BCUT2D eigenvalue weighted by Crippen LogP contribution is -2.48. The molecule has 0 heterocycles. The third-order valence-electron chi connectivity index (χ3n) is 5.30. The maximum atomic E-state index is 12.4. The van der Waals surface area contributed by atoms with Gasteiger partial charge in [-0.1, -0.05) is 44.0 Å². The summed E-state index contributed by atoms with van der Waals surface area (Å²) in [6, 6.07) is 10.4. The molecular weight excluding hydrogens is 372 g/mol. The van der Waals surface area contributed by atoms with Gasteiger partial charge in [-0.3, -0.25) is 10.1 Å². The summed E-state index contributed by atoms with van der Waals surface area (Å²) in [4.78, 5) is 36.5. The minimum absolute atomic E-state index is 0.0564. The molecule has 1 aliphatic carbocycles. The van der Waals surface area contributed by atoms with Crippen LogP contribution >= 0.6 is 0 Å². The highest BCUT2D eigenvalue weighted by Crippen LogP contribution is 2.26. The zero-order valence-corrected chi connectivity index (χ0v) is 16.7. The van der Waals surface area contributed by atoms with Gasteiger partial charge in [-0.2, -0.15) is 0 Å². The van der Waals surface area contributed by atoms with E-state index < -0.39 is 24.5 Å². The standard InChI is InChI=1S/C22H26N2O5/c1-14-7-3-6-10-18(14)23-22(27)24-20(25)13-29-21(26)17-11-15-8-4-5-9-16(15)12-19(17)28-2/h4-5,8-9,11-12,14,18H,3,6-7,10,13H2,1-2H3,(H2,23,24,25,27)/t14-,18+/m1/s1. The Morgan fingerprint density at radius 3 is 2.45 bits per heavy atom. The second kappa shape index (κ2) is 9.41. The molecule has 0 aliphatic heterocycles. The van der Waals surface area contributed by atoms with Gasteiger partial charge in [-0.15, -0.1) is 0 Å². The van der Waals surface area contributed by atoms with Crippen LogP contribution in [0, 0.1) is 5.92 Å². The fourth-order valence-electron chi connectivity index (χ4n) is 3.65. The van der Waals surface area contributed by atoms with Gasteiger partial charge in [0.1, 0.15) is 11.3 Å². The van der Waals surface area contributed by atoms with Crippen molar-refractivity contribution in [2.75, 3.05) is 13.7 Å². The van der Waals surface area contributed by atoms with Gasteiger partial charge < -0.3 is 14.8 Å². The number of rotatable bonds is 5. The van der Waals surface area contributed by atoms with Gasteiger partial charge in [-0.25, -0.2) is 9.59 Å². The van der Waals surface area contributed by atoms with Crippen LogP contribution in [0.3, 0.4) is 0 Å². The number of urea groups is 1. The fraction of sp³-hybridized carbons (Fsp3) is 0.409. The second-order valence-electron chi connectivity index (χ2n) is 7.37. The number of carbonyl (C=O) groups is 3. The number of amides is 3. The molecule has 154 valence electrons. The van der Waals surface area contributed by atoms with Crippen molar-refractivity contribution >= 4 is 28.7 Å². The molecule has 29 heavy (non-hydrogen) atoms. The molecule has 0 radical (unpaired) electrons. The van der Waals surface area contributed by atoms with Crippen LogP contribution in [0.2, 0.25) is 0 Å². The first-order valence-electron chi connectivity index (χ1n) is 9.82. The molecule has 3 amide bonds. The molecule has 0 unspecified atom stereocenters. The molecule has 7 heteroatoms. The lowest BCUT2D eigenvalue weighted by Gasteiger charge is -2.29. The molecule has 2 N–H and O–H groups in total. The maximum absolute atomic E-state index is 12.4. The first-order valence-corrected chi connectivity index (χ1v) is 9.82. The van der Waals surface area contributed by atoms with E-state index >= 15 is 0 Å². The predicted octanol–water partition coefficient (Wildman–Crippen LogP) is 3.41. The molecule has 2 aromatic rings. The largest absolute Gasteiger partial charge is 0.496 e. The third kappa shape index (κ3) is 5.25. The van der Waals surface area contributed by atoms with Crippen LogP contribution in [0.5, 0.6) is 5.75 Å². The quantitative estimate of drug-likeness (QED) is 0.753. The Balaban J connectivity index is 1.55. The third-order valence-corrected chi connectivity index (χ3v) is 5.30. The highest BCUT2D eigenvalue weighted by molar-refractivity contribution is 6.00. The molecule has 1 saturated carbocycles. The average Bonchev–Trinajstić information content (AvgIpc) is 2.72. The summed E-state index contributed by atoms with van der Waals surface area (Å²) in [5.41, 5.74) is 0.222. The average molecular weight is 398 g/mol. The summed E-state index contributed by atoms with van der Waals surface area (Å²) >= 11 is 0. The van der Waals surface area contributed by atoms with Crippen LogP contribution in [-0.4, -0.2) is 37.7 Å². The number of carbonyl (C=O) groups excluding carboxylic acids is 3. The minimum atomic E-state index is -0.691. The van der Waals surface area contributed by atoms with E-state index in [0.29, 0.717) is 11.7 Å². The van der Waals surface area contributed by atoms with E-state index in [2.05, 4.69) is 17.6 Å². The molecule has 1 aliphatic rings. The van der Waals surface area contributed by atoms with Crippen molar-refractivity contribution in [3.63, 3.8) is 0 Å². The van der Waals surface area contributed by atoms with Crippen molar-refractivity contribution in [3.8, 4) is 5.75 Å². The van der Waals surface area contributed by atoms with Crippen molar-refractivity contribution in [3.05, 3.63) is 42.0 Å². The highest BCUT2D eigenvalue weighted by Gasteiger charge is 2.24. The number of esters is 1. The molecule has 3 rings (SSSR count). The molecule has 0 aromatic heterocycles. The Hall–Kier alpha value is -3.09. The van der Waals surface area contributed by atoms with Crippen molar-refractivity contribution < 1.29 is 23.9 Å². The Labute approximate surface area is 169 Å². The number of fused-ring (bicyclic) bond motifs is 1. The number of imide groups is 1. The van der Waals surface area contributed by atoms with Crippen molar-refractivity contribution in [1.82, 2.24) is 10.6 Å². The van der Waals surface area contributed by atoms with Gasteiger partial charge >= 0.3 is 12.0 Å². The van der Waals surface area contributed by atoms with Gasteiger partial charge in [0.2, 0.25) is 0 Å². The SMILES string of the molecule is COc1cc2ccccc2cc1C(=O)OCC(=O)NC(=O)N[C@H]1CCCC[C@H]1C. The van der Waals surface area contributed by atoms with E-state index in [1.165, 1.54) is 7.11 Å². The summed E-state index contributed by atoms with van der Waals surface area (Å²) in [7, 11) is 1.46. The van der Waals surface area contributed by atoms with Crippen LogP contribution in [0.4, 0.5) is 4.79 Å². The van der Waals surface area contributed by atoms with Crippen molar-refractivity contribution in [1.29, 1.82) is 0 Å². The number of methoxy groups -OCH3 is 1. The van der Waals surface area contributed by atoms with E-state index in [1.54, 1.807) is 12.1 Å². The van der Waals surface area contributed by atoms with Crippen molar-refractivity contribution in [2.24, 2.45) is 5.92 Å². The molecule has 0 bridgehead atoms. The van der Waals surface area contributed by atoms with Gasteiger partial charge in [0.15, 0.2) is 6.61 Å². The van der Waals surface area contributed by atoms with Crippen molar-refractivity contribution in [2.45, 2.75) is 38.6 Å². The Morgan fingerprint density at radius 2 is 1.76 bits per heavy atom. The predicted molar refractivity (Wildman–Crippen MR) is 109 cm³/mol. The Kier molecular flexibility index (Phi) is 6.69. The van der Waals surface area contributed by atoms with E-state index in [9.17, 15) is 14.4 Å². The molecule has 7 nitrogen and oxygen atoms in total. The lowest BCUT2D eigenvalue weighted by molar-refractivity contribution is -0.123. The number of nitrogens with one attached hydrogen (secondary N) is 2. The number of benzene rings is 2. The first-order chi connectivity index (χ1) is 14.0. The Bertz CT molecular complexity index is 911. The maximum Gasteiger partial charge on any atom is 0.342 e. The fourth-order valence-corrected chi connectivity index (χ4v) is 3.65. The van der Waals surface area contributed by atoms with Gasteiger partial charge in [0.25, 0.3) is 5.91 Å². The van der Waals surface area contributed by atoms with Gasteiger partial charge in [0.05, 0.1) is 7.11 Å². The van der Waals surface area contributed by atoms with Crippen LogP contribution in [-0.2, 0) is 9.53 Å². The number of ether oxygens (including phenoxy) is 2. The normalized spacial score (nSPS) is 18.7. The van der Waals surface area contributed by atoms with Crippen LogP contribution < -0.4 is 15.4 Å². The second-order valence-corrected chi connectivity index (χ2v) is 7.37. The van der Waals surface area contributed by atoms with E-state index in [0.717, 1.165) is 36.5 Å². The zero-order chi connectivity index (χ0) is 20.8. The molecule has 1 fully saturated rings. The summed E-state index contributed by atoms with van der Waals surface area (Å²) in [5.74, 6) is -0.635. The summed E-state index contributed by atoms with van der Waals surface area (Å²) in [5, 5.41) is 6.82. The highest BCUT2D eigenvalue weighted by atomic mass is 16.5. The number of hydrogen-bond donors (Lipinski definition) is 2. The zero-order valence-electron chi connectivity index (χ0n) is 16.7. The van der Waals surface area contributed by atoms with E-state index in [-0.39, 0.29) is 11.6 Å². The molecule has 0 spiro atoms. The van der Waals surface area contributed by atoms with E-state index in [4.69, 9.17) is 9.47 Å². The van der Waals surface area contributed by atoms with E-state index in [1.807, 2.05) is 24.3 Å². The minimum Gasteiger partial charge on any atom is -0.496 e. The first kappa shape index (κ1) is 20.6. The Morgan fingerprint density at radius 1 is 1.07 bits per heavy atom. The lowest BCUT2D eigenvalue weighted by atomic mass is 9.86. The van der Waals surface area contributed by atoms with Gasteiger partial charge in [-0.05, 0) is 41.7 Å². The molecule has 2 aromatic carbocycles.